The van der Waals surface area contributed by atoms with E-state index < -0.39 is 0 Å². The molecule has 1 saturated heterocycles. The van der Waals surface area contributed by atoms with Crippen LogP contribution in [-0.2, 0) is 0 Å². The monoisotopic (exact) mass is 190 g/mol. The van der Waals surface area contributed by atoms with Crippen molar-refractivity contribution in [1.82, 2.24) is 10.3 Å². The topological polar surface area (TPSA) is 24.9 Å². The Kier molecular flexibility index (Phi) is 3.14. The molecule has 0 saturated carbocycles. The van der Waals surface area contributed by atoms with Crippen molar-refractivity contribution >= 4 is 0 Å². The lowest BCUT2D eigenvalue weighted by atomic mass is 9.96. The van der Waals surface area contributed by atoms with Crippen LogP contribution in [0.3, 0.4) is 0 Å². The fraction of sp³-hybridized carbons (Fsp3) is 0.583. The molecule has 1 N–H and O–H groups in total. The highest BCUT2D eigenvalue weighted by Gasteiger charge is 2.13. The second kappa shape index (κ2) is 4.56. The minimum absolute atomic E-state index is 0.672. The zero-order valence-corrected chi connectivity index (χ0v) is 8.79. The fourth-order valence-corrected chi connectivity index (χ4v) is 2.02. The van der Waals surface area contributed by atoms with E-state index in [1.807, 2.05) is 13.1 Å². The second-order valence-electron chi connectivity index (χ2n) is 4.13. The van der Waals surface area contributed by atoms with E-state index in [2.05, 4.69) is 22.4 Å². The third kappa shape index (κ3) is 2.32. The van der Waals surface area contributed by atoms with Gasteiger partial charge in [0.25, 0.3) is 0 Å². The van der Waals surface area contributed by atoms with Crippen LogP contribution in [0.1, 0.15) is 36.4 Å². The summed E-state index contributed by atoms with van der Waals surface area (Å²) in [6.07, 6.45) is 5.99. The van der Waals surface area contributed by atoms with Crippen LogP contribution < -0.4 is 5.32 Å². The summed E-state index contributed by atoms with van der Waals surface area (Å²) in [6.45, 7) is 4.33. The standard InChI is InChI=1S/C12H18N2/c1-10-5-6-12(9-14-10)11-4-2-3-7-13-8-11/h5-6,9,11,13H,2-4,7-8H2,1H3. The van der Waals surface area contributed by atoms with Crippen LogP contribution in [0, 0.1) is 6.92 Å². The van der Waals surface area contributed by atoms with E-state index in [0.29, 0.717) is 5.92 Å². The van der Waals surface area contributed by atoms with E-state index >= 15 is 0 Å². The maximum Gasteiger partial charge on any atom is 0.0372 e. The molecular formula is C12H18N2. The average Bonchev–Trinajstić information content (AvgIpc) is 2.47. The van der Waals surface area contributed by atoms with Crippen LogP contribution in [0.5, 0.6) is 0 Å². The van der Waals surface area contributed by atoms with Crippen LogP contribution in [0.4, 0.5) is 0 Å². The van der Waals surface area contributed by atoms with E-state index in [9.17, 15) is 0 Å². The number of hydrogen-bond donors (Lipinski definition) is 1. The van der Waals surface area contributed by atoms with Gasteiger partial charge in [0.2, 0.25) is 0 Å². The highest BCUT2D eigenvalue weighted by Crippen LogP contribution is 2.22. The fourth-order valence-electron chi connectivity index (χ4n) is 2.02. The third-order valence-corrected chi connectivity index (χ3v) is 2.95. The molecule has 0 aliphatic carbocycles. The van der Waals surface area contributed by atoms with Crippen molar-refractivity contribution in [3.63, 3.8) is 0 Å². The number of nitrogens with one attached hydrogen (secondary N) is 1. The molecule has 2 nitrogen and oxygen atoms in total. The van der Waals surface area contributed by atoms with Crippen molar-refractivity contribution in [1.29, 1.82) is 0 Å². The minimum atomic E-state index is 0.672. The SMILES string of the molecule is Cc1ccc(C2CCCCNC2)cn1. The van der Waals surface area contributed by atoms with Crippen LogP contribution in [-0.4, -0.2) is 18.1 Å². The van der Waals surface area contributed by atoms with Gasteiger partial charge in [0.15, 0.2) is 0 Å². The van der Waals surface area contributed by atoms with Gasteiger partial charge in [-0.3, -0.25) is 4.98 Å². The summed E-state index contributed by atoms with van der Waals surface area (Å²) in [7, 11) is 0. The molecule has 1 atom stereocenters. The molecule has 76 valence electrons. The van der Waals surface area contributed by atoms with Crippen LogP contribution >= 0.6 is 0 Å². The first kappa shape index (κ1) is 9.66. The van der Waals surface area contributed by atoms with Gasteiger partial charge < -0.3 is 5.32 Å². The third-order valence-electron chi connectivity index (χ3n) is 2.95. The lowest BCUT2D eigenvalue weighted by molar-refractivity contribution is 0.608. The Morgan fingerprint density at radius 1 is 1.36 bits per heavy atom. The van der Waals surface area contributed by atoms with Gasteiger partial charge >= 0.3 is 0 Å². The van der Waals surface area contributed by atoms with Gasteiger partial charge in [-0.1, -0.05) is 12.5 Å². The van der Waals surface area contributed by atoms with Crippen molar-refractivity contribution in [2.75, 3.05) is 13.1 Å². The number of rotatable bonds is 1. The van der Waals surface area contributed by atoms with Gasteiger partial charge in [-0.15, -0.1) is 0 Å². The molecule has 1 aromatic rings. The molecule has 2 heterocycles. The molecule has 0 bridgehead atoms. The van der Waals surface area contributed by atoms with Crippen LogP contribution in [0.25, 0.3) is 0 Å². The maximum atomic E-state index is 4.36. The molecule has 14 heavy (non-hydrogen) atoms. The quantitative estimate of drug-likeness (QED) is 0.734. The summed E-state index contributed by atoms with van der Waals surface area (Å²) >= 11 is 0. The largest absolute Gasteiger partial charge is 0.316 e. The summed E-state index contributed by atoms with van der Waals surface area (Å²) in [4.78, 5) is 4.36. The number of hydrogen-bond acceptors (Lipinski definition) is 2. The van der Waals surface area contributed by atoms with E-state index in [-0.39, 0.29) is 0 Å². The predicted octanol–water partition coefficient (Wildman–Crippen LogP) is 2.25. The predicted molar refractivity (Wildman–Crippen MR) is 58.4 cm³/mol. The summed E-state index contributed by atoms with van der Waals surface area (Å²) < 4.78 is 0. The number of aryl methyl sites for hydroxylation is 1. The van der Waals surface area contributed by atoms with Crippen LogP contribution in [0.15, 0.2) is 18.3 Å². The van der Waals surface area contributed by atoms with E-state index in [0.717, 1.165) is 12.2 Å². The van der Waals surface area contributed by atoms with Gasteiger partial charge in [0.05, 0.1) is 0 Å². The zero-order chi connectivity index (χ0) is 9.80. The Labute approximate surface area is 85.7 Å². The van der Waals surface area contributed by atoms with Gasteiger partial charge in [0, 0.05) is 18.4 Å². The summed E-state index contributed by atoms with van der Waals surface area (Å²) in [5.41, 5.74) is 2.50. The van der Waals surface area contributed by atoms with Crippen molar-refractivity contribution in [3.8, 4) is 0 Å². The Hall–Kier alpha value is -0.890. The van der Waals surface area contributed by atoms with E-state index in [4.69, 9.17) is 0 Å². The number of nitrogens with zero attached hydrogens (tertiary/aromatic N) is 1. The molecular weight excluding hydrogens is 172 g/mol. The molecule has 1 fully saturated rings. The smallest absolute Gasteiger partial charge is 0.0372 e. The number of aromatic nitrogens is 1. The Morgan fingerprint density at radius 2 is 2.29 bits per heavy atom. The van der Waals surface area contributed by atoms with Crippen LogP contribution in [0.2, 0.25) is 0 Å². The second-order valence-corrected chi connectivity index (χ2v) is 4.13. The molecule has 0 aromatic carbocycles. The lowest BCUT2D eigenvalue weighted by Crippen LogP contribution is -2.19. The first-order valence-corrected chi connectivity index (χ1v) is 5.49. The lowest BCUT2D eigenvalue weighted by Gasteiger charge is -2.13. The van der Waals surface area contributed by atoms with Gasteiger partial charge in [-0.25, -0.2) is 0 Å². The molecule has 1 aliphatic rings. The minimum Gasteiger partial charge on any atom is -0.316 e. The highest BCUT2D eigenvalue weighted by molar-refractivity contribution is 5.18. The first-order chi connectivity index (χ1) is 6.86. The Balaban J connectivity index is 2.08. The molecule has 1 aliphatic heterocycles. The molecule has 2 heteroatoms. The maximum absolute atomic E-state index is 4.36. The normalized spacial score (nSPS) is 23.1. The first-order valence-electron chi connectivity index (χ1n) is 5.49. The Morgan fingerprint density at radius 3 is 3.07 bits per heavy atom. The molecule has 0 amide bonds. The van der Waals surface area contributed by atoms with Crippen molar-refractivity contribution in [3.05, 3.63) is 29.6 Å². The summed E-state index contributed by atoms with van der Waals surface area (Å²) in [6, 6.07) is 4.33. The zero-order valence-electron chi connectivity index (χ0n) is 8.79. The highest BCUT2D eigenvalue weighted by atomic mass is 14.9. The molecule has 2 rings (SSSR count). The molecule has 0 radical (unpaired) electrons. The molecule has 1 aromatic heterocycles. The summed E-state index contributed by atoms with van der Waals surface area (Å²) in [5, 5.41) is 3.48. The van der Waals surface area contributed by atoms with Gasteiger partial charge in [-0.05, 0) is 43.9 Å². The Bertz CT molecular complexity index is 271. The van der Waals surface area contributed by atoms with Gasteiger partial charge in [-0.2, -0.15) is 0 Å². The van der Waals surface area contributed by atoms with Gasteiger partial charge in [0.1, 0.15) is 0 Å². The molecule has 0 spiro atoms. The summed E-state index contributed by atoms with van der Waals surface area (Å²) in [5.74, 6) is 0.672. The average molecular weight is 190 g/mol. The molecule has 1 unspecified atom stereocenters. The number of pyridine rings is 1. The van der Waals surface area contributed by atoms with E-state index in [1.165, 1.54) is 31.4 Å². The van der Waals surface area contributed by atoms with Crippen molar-refractivity contribution in [2.24, 2.45) is 0 Å². The van der Waals surface area contributed by atoms with Crippen molar-refractivity contribution < 1.29 is 0 Å². The van der Waals surface area contributed by atoms with Crippen molar-refractivity contribution in [2.45, 2.75) is 32.1 Å². The van der Waals surface area contributed by atoms with E-state index in [1.54, 1.807) is 0 Å².